The monoisotopic (exact) mass is 184 g/mol. The average Bonchev–Trinajstić information content (AvgIpc) is 2.16. The second kappa shape index (κ2) is 3.83. The van der Waals surface area contributed by atoms with Gasteiger partial charge in [-0.1, -0.05) is 49.4 Å². The molecule has 14 heavy (non-hydrogen) atoms. The van der Waals surface area contributed by atoms with Crippen LogP contribution >= 0.6 is 0 Å². The molecular formula is C14H16. The van der Waals surface area contributed by atoms with Gasteiger partial charge in [-0.15, -0.1) is 0 Å². The van der Waals surface area contributed by atoms with Gasteiger partial charge in [-0.2, -0.15) is 0 Å². The molecule has 0 spiro atoms. The van der Waals surface area contributed by atoms with Crippen LogP contribution in [0.15, 0.2) is 36.4 Å². The van der Waals surface area contributed by atoms with Crippen LogP contribution < -0.4 is 0 Å². The topological polar surface area (TPSA) is 0 Å². The second-order valence-corrected chi connectivity index (χ2v) is 4.00. The normalized spacial score (nSPS) is 24.6. The summed E-state index contributed by atoms with van der Waals surface area (Å²) in [5.41, 5.74) is 4.26. The first-order valence-corrected chi connectivity index (χ1v) is 5.22. The fraction of sp³-hybridized carbons (Fsp3) is 0.286. The van der Waals surface area contributed by atoms with Crippen molar-refractivity contribution in [2.45, 2.75) is 26.2 Å². The molecule has 0 aromatic heterocycles. The van der Waals surface area contributed by atoms with E-state index in [1.807, 2.05) is 0 Å². The lowest BCUT2D eigenvalue weighted by Crippen LogP contribution is -1.98. The Morgan fingerprint density at radius 1 is 1.21 bits per heavy atom. The lowest BCUT2D eigenvalue weighted by Gasteiger charge is -2.16. The van der Waals surface area contributed by atoms with Crippen LogP contribution in [-0.4, -0.2) is 0 Å². The van der Waals surface area contributed by atoms with E-state index in [0.29, 0.717) is 5.92 Å². The lowest BCUT2D eigenvalue weighted by molar-refractivity contribution is 0.776. The number of rotatable bonds is 0. The van der Waals surface area contributed by atoms with Crippen LogP contribution in [0.1, 0.15) is 36.0 Å². The van der Waals surface area contributed by atoms with Crippen molar-refractivity contribution in [2.24, 2.45) is 0 Å². The van der Waals surface area contributed by atoms with Gasteiger partial charge in [-0.25, -0.2) is 0 Å². The number of allylic oxidation sites excluding steroid dienone is 3. The predicted octanol–water partition coefficient (Wildman–Crippen LogP) is 4.07. The smallest absolute Gasteiger partial charge is 0.0150 e. The Kier molecular flexibility index (Phi) is 2.53. The van der Waals surface area contributed by atoms with E-state index in [1.54, 1.807) is 0 Å². The molecule has 72 valence electrons. The summed E-state index contributed by atoms with van der Waals surface area (Å²) in [7, 11) is 0. The summed E-state index contributed by atoms with van der Waals surface area (Å²) in [5, 5.41) is 0. The van der Waals surface area contributed by atoms with E-state index in [0.717, 1.165) is 6.42 Å². The van der Waals surface area contributed by atoms with Gasteiger partial charge in [0, 0.05) is 0 Å². The zero-order valence-corrected chi connectivity index (χ0v) is 8.83. The van der Waals surface area contributed by atoms with Gasteiger partial charge in [-0.3, -0.25) is 0 Å². The largest absolute Gasteiger partial charge is 0.0839 e. The molecule has 1 aromatic carbocycles. The molecule has 0 heterocycles. The number of fused-ring (bicyclic) bond motifs is 1. The van der Waals surface area contributed by atoms with E-state index >= 15 is 0 Å². The Labute approximate surface area is 86.0 Å². The Morgan fingerprint density at radius 3 is 2.93 bits per heavy atom. The highest BCUT2D eigenvalue weighted by molar-refractivity contribution is 5.60. The molecule has 2 rings (SSSR count). The molecule has 0 heteroatoms. The van der Waals surface area contributed by atoms with E-state index in [4.69, 9.17) is 0 Å². The highest BCUT2D eigenvalue weighted by Gasteiger charge is 2.09. The molecule has 1 aromatic rings. The van der Waals surface area contributed by atoms with Crippen molar-refractivity contribution in [1.29, 1.82) is 0 Å². The molecular weight excluding hydrogens is 168 g/mol. The summed E-state index contributed by atoms with van der Waals surface area (Å²) < 4.78 is 0. The molecule has 0 nitrogen and oxygen atoms in total. The van der Waals surface area contributed by atoms with Gasteiger partial charge in [0.1, 0.15) is 0 Å². The number of benzene rings is 1. The van der Waals surface area contributed by atoms with E-state index in [9.17, 15) is 0 Å². The predicted molar refractivity (Wildman–Crippen MR) is 62.4 cm³/mol. The zero-order chi connectivity index (χ0) is 9.97. The Balaban J connectivity index is 2.57. The lowest BCUT2D eigenvalue weighted by atomic mass is 9.89. The minimum absolute atomic E-state index is 0.631. The highest BCUT2D eigenvalue weighted by Crippen LogP contribution is 2.27. The first kappa shape index (κ1) is 9.26. The minimum atomic E-state index is 0.631. The van der Waals surface area contributed by atoms with Crippen LogP contribution in [-0.2, 0) is 0 Å². The van der Waals surface area contributed by atoms with E-state index in [-0.39, 0.29) is 0 Å². The molecule has 0 N–H and O–H groups in total. The minimum Gasteiger partial charge on any atom is -0.0839 e. The summed E-state index contributed by atoms with van der Waals surface area (Å²) >= 11 is 0. The molecule has 0 amide bonds. The van der Waals surface area contributed by atoms with Crippen LogP contribution in [0.4, 0.5) is 0 Å². The van der Waals surface area contributed by atoms with Gasteiger partial charge >= 0.3 is 0 Å². The first-order chi connectivity index (χ1) is 6.79. The summed E-state index contributed by atoms with van der Waals surface area (Å²) in [4.78, 5) is 0. The Bertz CT molecular complexity index is 383. The van der Waals surface area contributed by atoms with Crippen LogP contribution in [0.2, 0.25) is 0 Å². The van der Waals surface area contributed by atoms with Crippen molar-refractivity contribution in [2.75, 3.05) is 0 Å². The Hall–Kier alpha value is -1.30. The van der Waals surface area contributed by atoms with Crippen LogP contribution in [0.3, 0.4) is 0 Å². The summed E-state index contributed by atoms with van der Waals surface area (Å²) in [6.45, 7) is 4.48. The van der Waals surface area contributed by atoms with Crippen molar-refractivity contribution < 1.29 is 0 Å². The average molecular weight is 184 g/mol. The number of hydrogen-bond acceptors (Lipinski definition) is 0. The van der Waals surface area contributed by atoms with Gasteiger partial charge in [0.15, 0.2) is 0 Å². The maximum atomic E-state index is 2.29. The van der Waals surface area contributed by atoms with Crippen molar-refractivity contribution in [3.63, 3.8) is 0 Å². The fourth-order valence-corrected chi connectivity index (χ4v) is 2.00. The third kappa shape index (κ3) is 1.65. The van der Waals surface area contributed by atoms with Crippen molar-refractivity contribution >= 4 is 6.08 Å². The van der Waals surface area contributed by atoms with Gasteiger partial charge in [0.05, 0.1) is 0 Å². The zero-order valence-electron chi connectivity index (χ0n) is 8.83. The van der Waals surface area contributed by atoms with Crippen LogP contribution in [0.25, 0.3) is 6.08 Å². The van der Waals surface area contributed by atoms with Gasteiger partial charge < -0.3 is 0 Å². The third-order valence-corrected chi connectivity index (χ3v) is 2.89. The molecule has 1 unspecified atom stereocenters. The molecule has 0 bridgehead atoms. The first-order valence-electron chi connectivity index (χ1n) is 5.22. The van der Waals surface area contributed by atoms with Crippen molar-refractivity contribution in [3.05, 3.63) is 53.1 Å². The molecule has 0 saturated heterocycles. The molecule has 0 fully saturated rings. The van der Waals surface area contributed by atoms with E-state index in [1.165, 1.54) is 16.7 Å². The SMILES string of the molecule is Cc1cccc2c1/C=C\C=C\CC2C. The third-order valence-electron chi connectivity index (χ3n) is 2.89. The van der Waals surface area contributed by atoms with Gasteiger partial charge in [-0.05, 0) is 36.0 Å². The summed E-state index contributed by atoms with van der Waals surface area (Å²) in [5.74, 6) is 0.631. The van der Waals surface area contributed by atoms with Crippen LogP contribution in [0, 0.1) is 6.92 Å². The number of aryl methyl sites for hydroxylation is 1. The highest BCUT2D eigenvalue weighted by atomic mass is 14.1. The Morgan fingerprint density at radius 2 is 2.07 bits per heavy atom. The summed E-state index contributed by atoms with van der Waals surface area (Å²) in [6, 6.07) is 6.58. The van der Waals surface area contributed by atoms with Crippen molar-refractivity contribution in [3.8, 4) is 0 Å². The number of hydrogen-bond donors (Lipinski definition) is 0. The molecule has 0 aliphatic heterocycles. The maximum Gasteiger partial charge on any atom is -0.0150 e. The fourth-order valence-electron chi connectivity index (χ4n) is 2.00. The molecule has 1 atom stereocenters. The maximum absolute atomic E-state index is 2.29. The molecule has 0 saturated carbocycles. The molecule has 1 aliphatic rings. The van der Waals surface area contributed by atoms with Crippen LogP contribution in [0.5, 0.6) is 0 Å². The standard InChI is InChI=1S/C14H16/c1-11-7-4-3-5-9-13-12(2)8-6-10-14(11)13/h3-6,8-11H,7H2,1-2H3/b4-3+,9-5-. The van der Waals surface area contributed by atoms with E-state index in [2.05, 4.69) is 56.4 Å². The molecule has 0 radical (unpaired) electrons. The van der Waals surface area contributed by atoms with Crippen molar-refractivity contribution in [1.82, 2.24) is 0 Å². The molecule has 1 aliphatic carbocycles. The van der Waals surface area contributed by atoms with Gasteiger partial charge in [0.2, 0.25) is 0 Å². The van der Waals surface area contributed by atoms with Gasteiger partial charge in [0.25, 0.3) is 0 Å². The summed E-state index contributed by atoms with van der Waals surface area (Å²) in [6.07, 6.45) is 9.88. The second-order valence-electron chi connectivity index (χ2n) is 4.00. The quantitative estimate of drug-likeness (QED) is 0.570. The van der Waals surface area contributed by atoms with E-state index < -0.39 is 0 Å².